The number of hydrogen-bond donors (Lipinski definition) is 1. The number of nitrogens with zero attached hydrogens (tertiary/aromatic N) is 3. The Labute approximate surface area is 179 Å². The second kappa shape index (κ2) is 7.04. The molecule has 1 aliphatic carbocycles. The summed E-state index contributed by atoms with van der Waals surface area (Å²) < 4.78 is 21.3. The number of nitrogens with one attached hydrogen (secondary N) is 1. The molecule has 1 aromatic heterocycles. The molecule has 1 atom stereocenters. The number of rotatable bonds is 3. The van der Waals surface area contributed by atoms with Crippen LogP contribution in [0.5, 0.6) is 5.75 Å². The molecule has 0 amide bonds. The largest absolute Gasteiger partial charge is 0.496 e. The van der Waals surface area contributed by atoms with Crippen molar-refractivity contribution in [3.05, 3.63) is 71.2 Å². The normalized spacial score (nSPS) is 19.5. The molecule has 2 aromatic carbocycles. The van der Waals surface area contributed by atoms with Gasteiger partial charge in [0, 0.05) is 17.7 Å². The molecule has 0 spiro atoms. The Bertz CT molecular complexity index is 1230. The predicted octanol–water partition coefficient (Wildman–Crippen LogP) is 4.75. The fourth-order valence-corrected chi connectivity index (χ4v) is 4.54. The van der Waals surface area contributed by atoms with Gasteiger partial charge in [-0.2, -0.15) is 4.98 Å². The minimum Gasteiger partial charge on any atom is -0.496 e. The van der Waals surface area contributed by atoms with Crippen LogP contribution in [0, 0.1) is 11.2 Å². The third kappa shape index (κ3) is 3.30. The van der Waals surface area contributed by atoms with Gasteiger partial charge < -0.3 is 10.1 Å². The number of ether oxygens (including phenoxy) is 1. The van der Waals surface area contributed by atoms with Crippen LogP contribution >= 0.6 is 0 Å². The molecule has 1 N–H and O–H groups in total. The molecule has 0 fully saturated rings. The predicted molar refractivity (Wildman–Crippen MR) is 115 cm³/mol. The van der Waals surface area contributed by atoms with Gasteiger partial charge in [0.15, 0.2) is 11.6 Å². The first-order valence-electron chi connectivity index (χ1n) is 10.2. The van der Waals surface area contributed by atoms with Crippen LogP contribution in [0.4, 0.5) is 10.3 Å². The van der Waals surface area contributed by atoms with Crippen molar-refractivity contribution in [1.29, 1.82) is 0 Å². The summed E-state index contributed by atoms with van der Waals surface area (Å²) in [5.74, 6) is 1.36. The molecule has 3 aromatic rings. The van der Waals surface area contributed by atoms with E-state index in [-0.39, 0.29) is 17.0 Å². The number of Topliss-reactive ketones (excluding diaryl/α,β-unsaturated/α-hetero) is 1. The summed E-state index contributed by atoms with van der Waals surface area (Å²) in [5.41, 5.74) is 2.72. The van der Waals surface area contributed by atoms with Crippen LogP contribution in [0.25, 0.3) is 11.4 Å². The lowest BCUT2D eigenvalue weighted by Gasteiger charge is -2.38. The molecule has 7 heteroatoms. The highest BCUT2D eigenvalue weighted by molar-refractivity contribution is 6.00. The van der Waals surface area contributed by atoms with Crippen LogP contribution in [0.3, 0.4) is 0 Å². The standard InChI is InChI=1S/C24H23FN4O2/c1-24(2)12-17-20(18(30)13-24)21(14-7-6-8-15(25)11-14)29-23(26-17)27-22(28-29)16-9-4-5-10-19(16)31-3/h4-11,21H,12-13H2,1-3H3,(H,26,27,28). The molecule has 1 unspecified atom stereocenters. The van der Waals surface area contributed by atoms with Gasteiger partial charge in [0.1, 0.15) is 17.6 Å². The van der Waals surface area contributed by atoms with Crippen LogP contribution in [0.2, 0.25) is 0 Å². The lowest BCUT2D eigenvalue weighted by Crippen LogP contribution is -2.36. The molecule has 31 heavy (non-hydrogen) atoms. The molecule has 1 aliphatic heterocycles. The van der Waals surface area contributed by atoms with Crippen LogP contribution in [0.1, 0.15) is 38.3 Å². The highest BCUT2D eigenvalue weighted by Gasteiger charge is 2.42. The lowest BCUT2D eigenvalue weighted by atomic mass is 9.73. The third-order valence-electron chi connectivity index (χ3n) is 5.84. The smallest absolute Gasteiger partial charge is 0.226 e. The van der Waals surface area contributed by atoms with E-state index in [1.54, 1.807) is 17.9 Å². The zero-order valence-electron chi connectivity index (χ0n) is 17.6. The summed E-state index contributed by atoms with van der Waals surface area (Å²) in [7, 11) is 1.60. The quantitative estimate of drug-likeness (QED) is 0.665. The van der Waals surface area contributed by atoms with Crippen LogP contribution in [-0.2, 0) is 4.79 Å². The number of anilines is 1. The van der Waals surface area contributed by atoms with Crippen molar-refractivity contribution in [1.82, 2.24) is 14.8 Å². The zero-order chi connectivity index (χ0) is 21.8. The Morgan fingerprint density at radius 3 is 2.74 bits per heavy atom. The van der Waals surface area contributed by atoms with E-state index in [0.29, 0.717) is 41.5 Å². The van der Waals surface area contributed by atoms with Crippen molar-refractivity contribution in [2.75, 3.05) is 12.4 Å². The van der Waals surface area contributed by atoms with Crippen LogP contribution in [-0.4, -0.2) is 27.7 Å². The number of carbonyl (C=O) groups is 1. The fourth-order valence-electron chi connectivity index (χ4n) is 4.54. The molecule has 0 saturated carbocycles. The first-order chi connectivity index (χ1) is 14.9. The average Bonchev–Trinajstić information content (AvgIpc) is 3.14. The van der Waals surface area contributed by atoms with Crippen molar-refractivity contribution in [3.63, 3.8) is 0 Å². The van der Waals surface area contributed by atoms with Crippen LogP contribution < -0.4 is 10.1 Å². The average molecular weight is 418 g/mol. The van der Waals surface area contributed by atoms with Gasteiger partial charge >= 0.3 is 0 Å². The third-order valence-corrected chi connectivity index (χ3v) is 5.84. The summed E-state index contributed by atoms with van der Waals surface area (Å²) in [5, 5.41) is 8.07. The summed E-state index contributed by atoms with van der Waals surface area (Å²) in [6.07, 6.45) is 1.14. The van der Waals surface area contributed by atoms with Crippen molar-refractivity contribution < 1.29 is 13.9 Å². The van der Waals surface area contributed by atoms with Gasteiger partial charge in [-0.1, -0.05) is 38.1 Å². The van der Waals surface area contributed by atoms with Gasteiger partial charge in [0.25, 0.3) is 0 Å². The van der Waals surface area contributed by atoms with E-state index in [1.165, 1.54) is 12.1 Å². The van der Waals surface area contributed by atoms with Gasteiger partial charge in [-0.05, 0) is 41.7 Å². The molecular weight excluding hydrogens is 395 g/mol. The number of aromatic nitrogens is 3. The van der Waals surface area contributed by atoms with E-state index < -0.39 is 6.04 Å². The Hall–Kier alpha value is -3.48. The van der Waals surface area contributed by atoms with Gasteiger partial charge in [-0.25, -0.2) is 9.07 Å². The molecule has 2 aliphatic rings. The fraction of sp³-hybridized carbons (Fsp3) is 0.292. The Morgan fingerprint density at radius 1 is 1.16 bits per heavy atom. The maximum atomic E-state index is 14.1. The number of benzene rings is 2. The second-order valence-corrected chi connectivity index (χ2v) is 8.82. The molecule has 0 saturated heterocycles. The number of hydrogen-bond acceptors (Lipinski definition) is 5. The van der Waals surface area contributed by atoms with Gasteiger partial charge in [-0.3, -0.25) is 4.79 Å². The SMILES string of the molecule is COc1ccccc1-c1nc2n(n1)C(c1cccc(F)c1)C1=C(CC(C)(C)CC1=O)N2. The van der Waals surface area contributed by atoms with E-state index in [4.69, 9.17) is 14.8 Å². The highest BCUT2D eigenvalue weighted by Crippen LogP contribution is 2.46. The number of methoxy groups -OCH3 is 1. The van der Waals surface area contributed by atoms with Gasteiger partial charge in [-0.15, -0.1) is 5.10 Å². The molecule has 0 radical (unpaired) electrons. The van der Waals surface area contributed by atoms with Crippen molar-refractivity contribution >= 4 is 11.7 Å². The van der Waals surface area contributed by atoms with E-state index >= 15 is 0 Å². The summed E-state index contributed by atoms with van der Waals surface area (Å²) >= 11 is 0. The van der Waals surface area contributed by atoms with Gasteiger partial charge in [0.05, 0.1) is 12.7 Å². The molecule has 0 bridgehead atoms. The van der Waals surface area contributed by atoms with E-state index in [1.807, 2.05) is 30.3 Å². The number of carbonyl (C=O) groups excluding carboxylic acids is 1. The summed E-state index contributed by atoms with van der Waals surface area (Å²) in [6, 6.07) is 13.3. The molecule has 158 valence electrons. The van der Waals surface area contributed by atoms with E-state index in [9.17, 15) is 9.18 Å². The van der Waals surface area contributed by atoms with Crippen molar-refractivity contribution in [2.45, 2.75) is 32.7 Å². The molecular formula is C24H23FN4O2. The Balaban J connectivity index is 1.70. The first kappa shape index (κ1) is 19.5. The second-order valence-electron chi connectivity index (χ2n) is 8.82. The summed E-state index contributed by atoms with van der Waals surface area (Å²) in [6.45, 7) is 4.15. The number of para-hydroxylation sites is 1. The lowest BCUT2D eigenvalue weighted by molar-refractivity contribution is -0.118. The summed E-state index contributed by atoms with van der Waals surface area (Å²) in [4.78, 5) is 17.9. The monoisotopic (exact) mass is 418 g/mol. The zero-order valence-corrected chi connectivity index (χ0v) is 17.6. The van der Waals surface area contributed by atoms with E-state index in [2.05, 4.69) is 19.2 Å². The number of halogens is 1. The first-order valence-corrected chi connectivity index (χ1v) is 10.2. The Kier molecular flexibility index (Phi) is 4.43. The van der Waals surface area contributed by atoms with Gasteiger partial charge in [0.2, 0.25) is 5.95 Å². The topological polar surface area (TPSA) is 69.0 Å². The van der Waals surface area contributed by atoms with E-state index in [0.717, 1.165) is 11.3 Å². The Morgan fingerprint density at radius 2 is 1.97 bits per heavy atom. The maximum absolute atomic E-state index is 14.1. The maximum Gasteiger partial charge on any atom is 0.226 e. The van der Waals surface area contributed by atoms with Crippen molar-refractivity contribution in [3.8, 4) is 17.1 Å². The minimum atomic E-state index is -0.540. The number of allylic oxidation sites excluding steroid dienone is 2. The van der Waals surface area contributed by atoms with Crippen LogP contribution in [0.15, 0.2) is 59.8 Å². The minimum absolute atomic E-state index is 0.0491. The number of ketones is 1. The highest BCUT2D eigenvalue weighted by atomic mass is 19.1. The molecule has 6 nitrogen and oxygen atoms in total. The van der Waals surface area contributed by atoms with Crippen molar-refractivity contribution in [2.24, 2.45) is 5.41 Å². The molecule has 2 heterocycles. The molecule has 5 rings (SSSR count). The number of fused-ring (bicyclic) bond motifs is 1.